The van der Waals surface area contributed by atoms with E-state index in [1.807, 2.05) is 0 Å². The van der Waals surface area contributed by atoms with Gasteiger partial charge in [-0.3, -0.25) is 9.59 Å². The van der Waals surface area contributed by atoms with Crippen LogP contribution in [-0.2, 0) is 9.59 Å². The second-order valence-corrected chi connectivity index (χ2v) is 10.3. The Balaban J connectivity index is 3.53. The van der Waals surface area contributed by atoms with Crippen molar-refractivity contribution < 1.29 is 9.59 Å². The molecule has 0 aromatic rings. The quantitative estimate of drug-likeness (QED) is 0.0720. The van der Waals surface area contributed by atoms with Gasteiger partial charge in [-0.2, -0.15) is 4.99 Å². The average Bonchev–Trinajstić information content (AvgIpc) is 2.84. The van der Waals surface area contributed by atoms with Crippen LogP contribution in [0.25, 0.3) is 0 Å². The lowest BCUT2D eigenvalue weighted by molar-refractivity contribution is -0.121. The van der Waals surface area contributed by atoms with Gasteiger partial charge in [-0.1, -0.05) is 142 Å². The number of rotatable bonds is 26. The molecular weight excluding hydrogens is 434 g/mol. The Morgan fingerprint density at radius 3 is 1.29 bits per heavy atom. The summed E-state index contributed by atoms with van der Waals surface area (Å²) in [5.74, 6) is 0.0419. The average molecular weight is 494 g/mol. The summed E-state index contributed by atoms with van der Waals surface area (Å²) in [5.41, 5.74) is 5.83. The lowest BCUT2D eigenvalue weighted by Gasteiger charge is -2.05. The molecule has 0 fully saturated rings. The number of amidine groups is 1. The van der Waals surface area contributed by atoms with Gasteiger partial charge in [0.2, 0.25) is 11.8 Å². The van der Waals surface area contributed by atoms with Crippen molar-refractivity contribution in [2.45, 2.75) is 168 Å². The molecule has 0 rings (SSSR count). The summed E-state index contributed by atoms with van der Waals surface area (Å²) in [6.45, 7) is 4.68. The zero-order valence-electron chi connectivity index (χ0n) is 23.5. The minimum atomic E-state index is -0.168. The first-order valence-corrected chi connectivity index (χ1v) is 15.2. The fraction of sp³-hybridized carbons (Fsp3) is 0.900. The molecule has 0 saturated heterocycles. The van der Waals surface area contributed by atoms with E-state index >= 15 is 0 Å². The van der Waals surface area contributed by atoms with E-state index in [0.717, 1.165) is 25.7 Å². The number of carbonyl (C=O) groups is 2. The van der Waals surface area contributed by atoms with Crippen LogP contribution >= 0.6 is 0 Å². The first-order valence-electron chi connectivity index (χ1n) is 15.2. The highest BCUT2D eigenvalue weighted by Crippen LogP contribution is 2.13. The van der Waals surface area contributed by atoms with Gasteiger partial charge in [0.25, 0.3) is 0 Å². The molecule has 0 spiro atoms. The maximum absolute atomic E-state index is 12.0. The van der Waals surface area contributed by atoms with Crippen molar-refractivity contribution in [2.24, 2.45) is 10.7 Å². The van der Waals surface area contributed by atoms with E-state index in [1.54, 1.807) is 0 Å². The van der Waals surface area contributed by atoms with Gasteiger partial charge in [-0.25, -0.2) is 0 Å². The third kappa shape index (κ3) is 27.0. The van der Waals surface area contributed by atoms with Crippen LogP contribution in [-0.4, -0.2) is 24.2 Å². The van der Waals surface area contributed by atoms with E-state index in [0.29, 0.717) is 12.8 Å². The molecule has 0 aliphatic heterocycles. The van der Waals surface area contributed by atoms with Crippen molar-refractivity contribution in [1.29, 1.82) is 0 Å². The molecular formula is C30H59N3O2. The van der Waals surface area contributed by atoms with E-state index < -0.39 is 0 Å². The van der Waals surface area contributed by atoms with Gasteiger partial charge in [0, 0.05) is 12.8 Å². The van der Waals surface area contributed by atoms with Gasteiger partial charge in [-0.15, -0.1) is 0 Å². The summed E-state index contributed by atoms with van der Waals surface area (Å²) in [5, 5.41) is 2.79. The predicted octanol–water partition coefficient (Wildman–Crippen LogP) is 8.39. The SMILES string of the molecule is CCCCCCCCCCCCCC(=O)N=C(N)CNC(=O)CCCCCCCCCCCCC. The summed E-state index contributed by atoms with van der Waals surface area (Å²) in [6.07, 6.45) is 28.8. The second-order valence-electron chi connectivity index (χ2n) is 10.3. The molecule has 3 N–H and O–H groups in total. The second kappa shape index (κ2) is 27.2. The van der Waals surface area contributed by atoms with Crippen LogP contribution in [0.2, 0.25) is 0 Å². The number of hydrogen-bond acceptors (Lipinski definition) is 2. The third-order valence-corrected chi connectivity index (χ3v) is 6.74. The largest absolute Gasteiger partial charge is 0.386 e. The Morgan fingerprint density at radius 2 is 0.886 bits per heavy atom. The molecule has 0 unspecified atom stereocenters. The van der Waals surface area contributed by atoms with Crippen LogP contribution in [0, 0.1) is 0 Å². The fourth-order valence-corrected chi connectivity index (χ4v) is 4.42. The molecule has 0 aromatic carbocycles. The van der Waals surface area contributed by atoms with Crippen molar-refractivity contribution in [2.75, 3.05) is 6.54 Å². The molecule has 0 aliphatic carbocycles. The highest BCUT2D eigenvalue weighted by Gasteiger charge is 2.05. The van der Waals surface area contributed by atoms with Crippen molar-refractivity contribution in [1.82, 2.24) is 5.32 Å². The van der Waals surface area contributed by atoms with Crippen LogP contribution in [0.5, 0.6) is 0 Å². The minimum absolute atomic E-state index is 0.00288. The van der Waals surface area contributed by atoms with Crippen molar-refractivity contribution >= 4 is 17.6 Å². The molecule has 206 valence electrons. The number of hydrogen-bond donors (Lipinski definition) is 2. The summed E-state index contributed by atoms with van der Waals surface area (Å²) >= 11 is 0. The van der Waals surface area contributed by atoms with Crippen LogP contribution in [0.3, 0.4) is 0 Å². The Labute approximate surface area is 217 Å². The van der Waals surface area contributed by atoms with E-state index in [9.17, 15) is 9.59 Å². The number of aliphatic imine (C=N–C) groups is 1. The van der Waals surface area contributed by atoms with Gasteiger partial charge >= 0.3 is 0 Å². The molecule has 0 heterocycles. The normalized spacial score (nSPS) is 11.7. The van der Waals surface area contributed by atoms with E-state index in [1.165, 1.54) is 116 Å². The molecule has 5 nitrogen and oxygen atoms in total. The monoisotopic (exact) mass is 493 g/mol. The van der Waals surface area contributed by atoms with Crippen molar-refractivity contribution in [3.05, 3.63) is 0 Å². The Morgan fingerprint density at radius 1 is 0.543 bits per heavy atom. The molecule has 0 aliphatic rings. The van der Waals surface area contributed by atoms with Crippen LogP contribution in [0.4, 0.5) is 0 Å². The van der Waals surface area contributed by atoms with E-state index in [2.05, 4.69) is 24.2 Å². The highest BCUT2D eigenvalue weighted by molar-refractivity contribution is 5.96. The van der Waals surface area contributed by atoms with Crippen LogP contribution in [0.15, 0.2) is 4.99 Å². The third-order valence-electron chi connectivity index (χ3n) is 6.74. The fourth-order valence-electron chi connectivity index (χ4n) is 4.42. The highest BCUT2D eigenvalue weighted by atomic mass is 16.2. The maximum atomic E-state index is 12.0. The number of unbranched alkanes of at least 4 members (excludes halogenated alkanes) is 20. The number of nitrogens with two attached hydrogens (primary N) is 1. The smallest absolute Gasteiger partial charge is 0.247 e. The Bertz CT molecular complexity index is 520. The Kier molecular flexibility index (Phi) is 26.1. The Hall–Kier alpha value is -1.39. The summed E-state index contributed by atoms with van der Waals surface area (Å²) in [6, 6.07) is 0. The predicted molar refractivity (Wildman–Crippen MR) is 152 cm³/mol. The molecule has 5 heteroatoms. The van der Waals surface area contributed by atoms with Gasteiger partial charge in [0.15, 0.2) is 0 Å². The van der Waals surface area contributed by atoms with Gasteiger partial charge in [0.1, 0.15) is 5.84 Å². The molecule has 0 radical (unpaired) electrons. The van der Waals surface area contributed by atoms with Gasteiger partial charge in [0.05, 0.1) is 6.54 Å². The summed E-state index contributed by atoms with van der Waals surface area (Å²) in [4.78, 5) is 27.9. The first kappa shape index (κ1) is 33.6. The first-order chi connectivity index (χ1) is 17.1. The van der Waals surface area contributed by atoms with Crippen LogP contribution in [0.1, 0.15) is 168 Å². The number of carbonyl (C=O) groups excluding carboxylic acids is 2. The topological polar surface area (TPSA) is 84.6 Å². The van der Waals surface area contributed by atoms with Crippen molar-refractivity contribution in [3.8, 4) is 0 Å². The lowest BCUT2D eigenvalue weighted by atomic mass is 10.1. The van der Waals surface area contributed by atoms with Crippen molar-refractivity contribution in [3.63, 3.8) is 0 Å². The lowest BCUT2D eigenvalue weighted by Crippen LogP contribution is -2.34. The molecule has 0 bridgehead atoms. The summed E-state index contributed by atoms with van der Waals surface area (Å²) in [7, 11) is 0. The standard InChI is InChI=1S/C30H59N3O2/c1-3-5-7-9-11-13-15-17-19-21-23-25-29(34)32-27-28(31)33-30(35)26-24-22-20-18-16-14-12-10-8-6-4-2/h3-27H2,1-2H3,(H,32,34)(H2,31,33,35). The zero-order valence-corrected chi connectivity index (χ0v) is 23.5. The number of amides is 2. The molecule has 0 saturated carbocycles. The molecule has 35 heavy (non-hydrogen) atoms. The summed E-state index contributed by atoms with van der Waals surface area (Å²) < 4.78 is 0. The van der Waals surface area contributed by atoms with Gasteiger partial charge in [-0.05, 0) is 12.8 Å². The van der Waals surface area contributed by atoms with E-state index in [-0.39, 0.29) is 24.2 Å². The number of nitrogens with zero attached hydrogens (tertiary/aromatic N) is 1. The van der Waals surface area contributed by atoms with Crippen LogP contribution < -0.4 is 11.1 Å². The maximum Gasteiger partial charge on any atom is 0.247 e. The minimum Gasteiger partial charge on any atom is -0.386 e. The molecule has 2 amide bonds. The van der Waals surface area contributed by atoms with Gasteiger partial charge < -0.3 is 11.1 Å². The zero-order chi connectivity index (χ0) is 25.8. The number of nitrogens with one attached hydrogen (secondary N) is 1. The van der Waals surface area contributed by atoms with E-state index in [4.69, 9.17) is 5.73 Å². The molecule has 0 atom stereocenters. The molecule has 0 aromatic heterocycles.